The summed E-state index contributed by atoms with van der Waals surface area (Å²) in [6.45, 7) is 5.74. The zero-order chi connectivity index (χ0) is 26.0. The number of epoxide rings is 1. The Balaban J connectivity index is 1.62. The molecule has 0 spiro atoms. The molecule has 0 radical (unpaired) electrons. The highest BCUT2D eigenvalue weighted by Gasteiger charge is 2.48. The van der Waals surface area contributed by atoms with Crippen molar-refractivity contribution in [1.82, 2.24) is 0 Å². The molecule has 2 fully saturated rings. The van der Waals surface area contributed by atoms with Gasteiger partial charge in [-0.1, -0.05) is 38.2 Å². The second kappa shape index (κ2) is 14.7. The maximum absolute atomic E-state index is 12.0. The number of aliphatic hydroxyl groups is 2. The lowest BCUT2D eigenvalue weighted by atomic mass is 9.85. The Morgan fingerprint density at radius 1 is 1.00 bits per heavy atom. The van der Waals surface area contributed by atoms with Gasteiger partial charge in [0.2, 0.25) is 0 Å². The Kier molecular flexibility index (Phi) is 12.3. The molecule has 0 aromatic heterocycles. The molecule has 7 atom stereocenters. The molecular weight excluding hydrogens is 456 g/mol. The van der Waals surface area contributed by atoms with Crippen LogP contribution in [0, 0.1) is 11.8 Å². The summed E-state index contributed by atoms with van der Waals surface area (Å²) in [7, 11) is 0. The third kappa shape index (κ3) is 10.4. The number of rotatable bonds is 16. The van der Waals surface area contributed by atoms with Gasteiger partial charge in [-0.05, 0) is 39.5 Å². The first kappa shape index (κ1) is 29.4. The van der Waals surface area contributed by atoms with E-state index in [1.54, 1.807) is 6.92 Å². The summed E-state index contributed by atoms with van der Waals surface area (Å²) < 4.78 is 16.6. The van der Waals surface area contributed by atoms with Gasteiger partial charge in [0.05, 0.1) is 37.6 Å². The van der Waals surface area contributed by atoms with E-state index in [-0.39, 0.29) is 42.9 Å². The van der Waals surface area contributed by atoms with Gasteiger partial charge in [0.15, 0.2) is 0 Å². The van der Waals surface area contributed by atoms with E-state index in [4.69, 9.17) is 19.3 Å². The summed E-state index contributed by atoms with van der Waals surface area (Å²) in [5, 5.41) is 29.7. The highest BCUT2D eigenvalue weighted by atomic mass is 16.6. The van der Waals surface area contributed by atoms with Crippen LogP contribution in [0.4, 0.5) is 0 Å². The Hall–Kier alpha value is -1.81. The summed E-state index contributed by atoms with van der Waals surface area (Å²) in [5.74, 6) is -1.58. The lowest BCUT2D eigenvalue weighted by Crippen LogP contribution is -2.50. The maximum Gasteiger partial charge on any atom is 0.330 e. The van der Waals surface area contributed by atoms with Crippen LogP contribution in [0.25, 0.3) is 0 Å². The van der Waals surface area contributed by atoms with E-state index in [0.717, 1.165) is 32.1 Å². The highest BCUT2D eigenvalue weighted by molar-refractivity contribution is 5.82. The average Bonchev–Trinajstić information content (AvgIpc) is 3.55. The van der Waals surface area contributed by atoms with Gasteiger partial charge < -0.3 is 29.5 Å². The van der Waals surface area contributed by atoms with E-state index in [2.05, 4.69) is 0 Å². The largest absolute Gasteiger partial charge is 0.481 e. The van der Waals surface area contributed by atoms with Gasteiger partial charge in [0, 0.05) is 24.3 Å². The summed E-state index contributed by atoms with van der Waals surface area (Å²) in [5.41, 5.74) is 0.698. The number of hydrogen-bond acceptors (Lipinski definition) is 8. The second-order valence-corrected chi connectivity index (χ2v) is 10.0. The number of carbonyl (C=O) groups is 3. The first-order valence-electron chi connectivity index (χ1n) is 12.8. The van der Waals surface area contributed by atoms with Crippen LogP contribution in [0.1, 0.15) is 78.6 Å². The summed E-state index contributed by atoms with van der Waals surface area (Å²) in [4.78, 5) is 34.0. The van der Waals surface area contributed by atoms with Crippen molar-refractivity contribution >= 4 is 17.7 Å². The van der Waals surface area contributed by atoms with Crippen LogP contribution in [-0.2, 0) is 28.6 Å². The number of carbonyl (C=O) groups excluding carboxylic acids is 2. The standard InChI is InChI=1S/C26H42O9/c1-16(13-23(30)33-11-9-7-5-4-6-8-10-22(28)29)12-20-25(32)24(31)19(15-34-20)14-21-26(35-21)17(2)18(3)27/h13,17,19-21,24-26,31-32H,4-12,14-15H2,1-3H3,(H,28,29)/b16-13+/t17-,19-,20-,21-,24+,25-,26-/m0/s1. The van der Waals surface area contributed by atoms with Crippen LogP contribution in [0.3, 0.4) is 0 Å². The zero-order valence-electron chi connectivity index (χ0n) is 21.2. The quantitative estimate of drug-likeness (QED) is 0.127. The molecule has 0 bridgehead atoms. The molecule has 35 heavy (non-hydrogen) atoms. The number of Topliss-reactive ketones (excluding diaryl/α,β-unsaturated/α-hetero) is 1. The lowest BCUT2D eigenvalue weighted by molar-refractivity contribution is -0.165. The number of carboxylic acid groups (broad SMARTS) is 1. The van der Waals surface area contributed by atoms with Crippen LogP contribution in [0.15, 0.2) is 11.6 Å². The van der Waals surface area contributed by atoms with E-state index in [1.807, 2.05) is 6.92 Å². The predicted octanol–water partition coefficient (Wildman–Crippen LogP) is 2.80. The number of esters is 1. The monoisotopic (exact) mass is 498 g/mol. The number of aliphatic carboxylic acids is 1. The van der Waals surface area contributed by atoms with E-state index >= 15 is 0 Å². The van der Waals surface area contributed by atoms with Crippen molar-refractivity contribution in [3.63, 3.8) is 0 Å². The molecule has 2 aliphatic heterocycles. The smallest absolute Gasteiger partial charge is 0.330 e. The Labute approximate surface area is 207 Å². The molecular formula is C26H42O9. The number of hydrogen-bond donors (Lipinski definition) is 3. The third-order valence-corrected chi connectivity index (χ3v) is 6.95. The molecule has 9 nitrogen and oxygen atoms in total. The third-order valence-electron chi connectivity index (χ3n) is 6.95. The topological polar surface area (TPSA) is 143 Å². The Morgan fingerprint density at radius 3 is 2.31 bits per heavy atom. The average molecular weight is 499 g/mol. The normalized spacial score (nSPS) is 29.5. The number of ether oxygens (including phenoxy) is 3. The van der Waals surface area contributed by atoms with Crippen LogP contribution in [-0.4, -0.2) is 76.8 Å². The summed E-state index contributed by atoms with van der Waals surface area (Å²) >= 11 is 0. The van der Waals surface area contributed by atoms with Crippen LogP contribution in [0.5, 0.6) is 0 Å². The maximum atomic E-state index is 12.0. The molecule has 2 aliphatic rings. The van der Waals surface area contributed by atoms with Crippen molar-refractivity contribution in [2.45, 2.75) is 109 Å². The van der Waals surface area contributed by atoms with Gasteiger partial charge in [0.25, 0.3) is 0 Å². The van der Waals surface area contributed by atoms with Gasteiger partial charge in [-0.2, -0.15) is 0 Å². The molecule has 9 heteroatoms. The Morgan fingerprint density at radius 2 is 1.66 bits per heavy atom. The fraction of sp³-hybridized carbons (Fsp3) is 0.808. The first-order chi connectivity index (χ1) is 16.6. The van der Waals surface area contributed by atoms with Gasteiger partial charge in [-0.25, -0.2) is 4.79 Å². The predicted molar refractivity (Wildman–Crippen MR) is 128 cm³/mol. The molecule has 0 aromatic rings. The van der Waals surface area contributed by atoms with E-state index in [0.29, 0.717) is 31.4 Å². The van der Waals surface area contributed by atoms with Crippen LogP contribution in [0.2, 0.25) is 0 Å². The van der Waals surface area contributed by atoms with Crippen LogP contribution >= 0.6 is 0 Å². The van der Waals surface area contributed by atoms with Gasteiger partial charge >= 0.3 is 11.9 Å². The molecule has 0 aliphatic carbocycles. The second-order valence-electron chi connectivity index (χ2n) is 10.0. The fourth-order valence-corrected chi connectivity index (χ4v) is 4.52. The number of carboxylic acids is 1. The summed E-state index contributed by atoms with van der Waals surface area (Å²) in [6.07, 6.45) is 4.78. The number of unbranched alkanes of at least 4 members (excludes halogenated alkanes) is 5. The minimum absolute atomic E-state index is 0.0730. The van der Waals surface area contributed by atoms with Crippen molar-refractivity contribution in [1.29, 1.82) is 0 Å². The molecule has 0 aromatic carbocycles. The zero-order valence-corrected chi connectivity index (χ0v) is 21.2. The minimum Gasteiger partial charge on any atom is -0.481 e. The van der Waals surface area contributed by atoms with Crippen molar-refractivity contribution in [2.24, 2.45) is 11.8 Å². The molecule has 200 valence electrons. The Bertz CT molecular complexity index is 734. The fourth-order valence-electron chi connectivity index (χ4n) is 4.52. The van der Waals surface area contributed by atoms with Crippen molar-refractivity contribution in [3.8, 4) is 0 Å². The molecule has 0 amide bonds. The molecule has 0 saturated carbocycles. The molecule has 3 N–H and O–H groups in total. The number of ketones is 1. The lowest BCUT2D eigenvalue weighted by Gasteiger charge is -2.37. The van der Waals surface area contributed by atoms with Gasteiger partial charge in [-0.15, -0.1) is 0 Å². The molecule has 2 rings (SSSR count). The van der Waals surface area contributed by atoms with E-state index in [9.17, 15) is 24.6 Å². The van der Waals surface area contributed by atoms with Gasteiger partial charge in [-0.3, -0.25) is 9.59 Å². The van der Waals surface area contributed by atoms with Crippen molar-refractivity contribution < 1.29 is 43.9 Å². The van der Waals surface area contributed by atoms with Crippen LogP contribution < -0.4 is 0 Å². The SMILES string of the molecule is CC(=O)[C@H](C)[C@@H]1O[C@H]1C[C@H]1CO[C@@H](C/C(C)=C/C(=O)OCCCCCCCCC(=O)O)[C@H](O)[C@@H]1O. The molecule has 2 heterocycles. The van der Waals surface area contributed by atoms with E-state index in [1.165, 1.54) is 13.0 Å². The molecule has 0 unspecified atom stereocenters. The van der Waals surface area contributed by atoms with Crippen molar-refractivity contribution in [3.05, 3.63) is 11.6 Å². The number of aliphatic hydroxyl groups excluding tert-OH is 2. The van der Waals surface area contributed by atoms with E-state index < -0.39 is 30.3 Å². The minimum atomic E-state index is -1.08. The first-order valence-corrected chi connectivity index (χ1v) is 12.8. The molecule has 2 saturated heterocycles. The summed E-state index contributed by atoms with van der Waals surface area (Å²) in [6, 6.07) is 0. The van der Waals surface area contributed by atoms with Crippen molar-refractivity contribution in [2.75, 3.05) is 13.2 Å². The highest BCUT2D eigenvalue weighted by Crippen LogP contribution is 2.37. The van der Waals surface area contributed by atoms with Gasteiger partial charge in [0.1, 0.15) is 11.9 Å².